The Hall–Kier alpha value is -0.860. The number of hydrogen-bond donors (Lipinski definition) is 1. The molecule has 1 aliphatic rings. The fraction of sp³-hybridized carbons (Fsp3) is 0.667. The van der Waals surface area contributed by atoms with Gasteiger partial charge in [0.2, 0.25) is 0 Å². The number of nitrogens with zero attached hydrogens (tertiary/aromatic N) is 1. The van der Waals surface area contributed by atoms with Crippen molar-refractivity contribution in [3.05, 3.63) is 34.9 Å². The van der Waals surface area contributed by atoms with Gasteiger partial charge in [-0.3, -0.25) is 4.90 Å². The Balaban J connectivity index is 2.15. The molecule has 0 aliphatic heterocycles. The molecule has 0 amide bonds. The number of benzene rings is 1. The molecule has 0 spiro atoms. The minimum absolute atomic E-state index is 0.351. The topological polar surface area (TPSA) is 29.3 Å². The molecule has 2 rings (SSSR count). The van der Waals surface area contributed by atoms with Crippen molar-refractivity contribution in [3.8, 4) is 0 Å². The minimum atomic E-state index is 0.351. The van der Waals surface area contributed by atoms with E-state index in [0.29, 0.717) is 18.6 Å². The molecule has 1 aromatic carbocycles. The van der Waals surface area contributed by atoms with Gasteiger partial charge in [-0.25, -0.2) is 0 Å². The zero-order chi connectivity index (χ0) is 14.7. The highest BCUT2D eigenvalue weighted by Gasteiger charge is 2.27. The number of nitrogens with two attached hydrogens (primary N) is 1. The third-order valence-corrected chi connectivity index (χ3v) is 5.12. The van der Waals surface area contributed by atoms with E-state index in [1.54, 1.807) is 0 Å². The van der Waals surface area contributed by atoms with Crippen molar-refractivity contribution in [2.75, 3.05) is 13.6 Å². The van der Waals surface area contributed by atoms with E-state index in [1.807, 2.05) is 0 Å². The van der Waals surface area contributed by atoms with Crippen LogP contribution in [-0.2, 0) is 0 Å². The normalized spacial score (nSPS) is 24.9. The number of likely N-dealkylation sites (N-methyl/N-ethyl adjacent to an activating group) is 1. The standard InChI is InChI=1S/C18H30N2/c1-13-6-5-7-17(10-13)20(4)18(12-19)16-9-8-14(2)15(3)11-16/h8-9,11,13,17-18H,5-7,10,12,19H2,1-4H3. The summed E-state index contributed by atoms with van der Waals surface area (Å²) in [7, 11) is 2.26. The summed E-state index contributed by atoms with van der Waals surface area (Å²) in [5, 5.41) is 0. The molecule has 0 bridgehead atoms. The van der Waals surface area contributed by atoms with E-state index in [4.69, 9.17) is 5.73 Å². The van der Waals surface area contributed by atoms with Crippen LogP contribution in [0.1, 0.15) is 55.3 Å². The first-order valence-electron chi connectivity index (χ1n) is 8.02. The van der Waals surface area contributed by atoms with E-state index < -0.39 is 0 Å². The summed E-state index contributed by atoms with van der Waals surface area (Å²) >= 11 is 0. The van der Waals surface area contributed by atoms with Gasteiger partial charge < -0.3 is 5.73 Å². The highest BCUT2D eigenvalue weighted by Crippen LogP contribution is 2.31. The molecule has 2 N–H and O–H groups in total. The van der Waals surface area contributed by atoms with E-state index in [1.165, 1.54) is 42.4 Å². The molecule has 3 atom stereocenters. The predicted octanol–water partition coefficient (Wildman–Crippen LogP) is 3.81. The number of hydrogen-bond acceptors (Lipinski definition) is 2. The van der Waals surface area contributed by atoms with E-state index in [0.717, 1.165) is 5.92 Å². The molecule has 112 valence electrons. The second-order valence-corrected chi connectivity index (χ2v) is 6.69. The molecule has 2 heteroatoms. The average molecular weight is 274 g/mol. The molecular formula is C18H30N2. The molecule has 1 fully saturated rings. The van der Waals surface area contributed by atoms with Crippen molar-refractivity contribution in [3.63, 3.8) is 0 Å². The van der Waals surface area contributed by atoms with Crippen LogP contribution in [0.2, 0.25) is 0 Å². The van der Waals surface area contributed by atoms with Gasteiger partial charge in [-0.15, -0.1) is 0 Å². The maximum Gasteiger partial charge on any atom is 0.0470 e. The van der Waals surface area contributed by atoms with Crippen LogP contribution in [0.3, 0.4) is 0 Å². The second kappa shape index (κ2) is 6.73. The van der Waals surface area contributed by atoms with Crippen LogP contribution in [-0.4, -0.2) is 24.5 Å². The van der Waals surface area contributed by atoms with Crippen LogP contribution < -0.4 is 5.73 Å². The average Bonchev–Trinajstić information content (AvgIpc) is 2.43. The van der Waals surface area contributed by atoms with E-state index >= 15 is 0 Å². The van der Waals surface area contributed by atoms with Crippen molar-refractivity contribution >= 4 is 0 Å². The Morgan fingerprint density at radius 2 is 2.00 bits per heavy atom. The maximum atomic E-state index is 6.09. The summed E-state index contributed by atoms with van der Waals surface area (Å²) in [6.45, 7) is 7.44. The van der Waals surface area contributed by atoms with Crippen molar-refractivity contribution in [1.82, 2.24) is 4.90 Å². The fourth-order valence-electron chi connectivity index (χ4n) is 3.54. The largest absolute Gasteiger partial charge is 0.329 e. The van der Waals surface area contributed by atoms with E-state index in [-0.39, 0.29) is 0 Å². The minimum Gasteiger partial charge on any atom is -0.329 e. The van der Waals surface area contributed by atoms with Crippen molar-refractivity contribution < 1.29 is 0 Å². The van der Waals surface area contributed by atoms with Gasteiger partial charge in [0.15, 0.2) is 0 Å². The lowest BCUT2D eigenvalue weighted by Gasteiger charge is -2.39. The van der Waals surface area contributed by atoms with Gasteiger partial charge in [0.05, 0.1) is 0 Å². The van der Waals surface area contributed by atoms with Gasteiger partial charge in [-0.2, -0.15) is 0 Å². The lowest BCUT2D eigenvalue weighted by atomic mass is 9.85. The second-order valence-electron chi connectivity index (χ2n) is 6.69. The zero-order valence-corrected chi connectivity index (χ0v) is 13.5. The SMILES string of the molecule is Cc1ccc(C(CN)N(C)C2CCCC(C)C2)cc1C. The fourth-order valence-corrected chi connectivity index (χ4v) is 3.54. The molecule has 1 saturated carbocycles. The molecule has 20 heavy (non-hydrogen) atoms. The summed E-state index contributed by atoms with van der Waals surface area (Å²) in [6, 6.07) is 7.83. The Labute approximate surface area is 124 Å². The van der Waals surface area contributed by atoms with Gasteiger partial charge in [0.25, 0.3) is 0 Å². The molecule has 1 aliphatic carbocycles. The lowest BCUT2D eigenvalue weighted by Crippen LogP contribution is -2.41. The third-order valence-electron chi connectivity index (χ3n) is 5.12. The first-order chi connectivity index (χ1) is 9.52. The first-order valence-corrected chi connectivity index (χ1v) is 8.02. The Morgan fingerprint density at radius 3 is 2.60 bits per heavy atom. The summed E-state index contributed by atoms with van der Waals surface area (Å²) in [5.74, 6) is 0.856. The monoisotopic (exact) mass is 274 g/mol. The predicted molar refractivity (Wildman–Crippen MR) is 86.9 cm³/mol. The van der Waals surface area contributed by atoms with Crippen LogP contribution in [0, 0.1) is 19.8 Å². The van der Waals surface area contributed by atoms with Crippen LogP contribution in [0.4, 0.5) is 0 Å². The van der Waals surface area contributed by atoms with Crippen molar-refractivity contribution in [1.29, 1.82) is 0 Å². The Bertz CT molecular complexity index is 441. The molecule has 0 saturated heterocycles. The molecule has 0 aromatic heterocycles. The maximum absolute atomic E-state index is 6.09. The number of aryl methyl sites for hydroxylation is 2. The van der Waals surface area contributed by atoms with Crippen LogP contribution >= 0.6 is 0 Å². The van der Waals surface area contributed by atoms with Crippen LogP contribution in [0.25, 0.3) is 0 Å². The Kier molecular flexibility index (Phi) is 5.22. The summed E-state index contributed by atoms with van der Waals surface area (Å²) in [4.78, 5) is 2.53. The quantitative estimate of drug-likeness (QED) is 0.904. The van der Waals surface area contributed by atoms with Gasteiger partial charge in [0, 0.05) is 18.6 Å². The smallest absolute Gasteiger partial charge is 0.0470 e. The van der Waals surface area contributed by atoms with Gasteiger partial charge in [0.1, 0.15) is 0 Å². The summed E-state index contributed by atoms with van der Waals surface area (Å²) in [6.07, 6.45) is 5.39. The highest BCUT2D eigenvalue weighted by molar-refractivity contribution is 5.32. The van der Waals surface area contributed by atoms with E-state index in [9.17, 15) is 0 Å². The molecule has 0 heterocycles. The van der Waals surface area contributed by atoms with Crippen molar-refractivity contribution in [2.45, 2.75) is 58.5 Å². The Morgan fingerprint density at radius 1 is 1.25 bits per heavy atom. The first kappa shape index (κ1) is 15.5. The van der Waals surface area contributed by atoms with E-state index in [2.05, 4.69) is 50.9 Å². The van der Waals surface area contributed by atoms with Gasteiger partial charge >= 0.3 is 0 Å². The molecule has 2 nitrogen and oxygen atoms in total. The zero-order valence-electron chi connectivity index (χ0n) is 13.5. The molecule has 0 radical (unpaired) electrons. The molecular weight excluding hydrogens is 244 g/mol. The molecule has 1 aromatic rings. The van der Waals surface area contributed by atoms with Crippen LogP contribution in [0.15, 0.2) is 18.2 Å². The van der Waals surface area contributed by atoms with Crippen molar-refractivity contribution in [2.24, 2.45) is 11.7 Å². The van der Waals surface area contributed by atoms with Gasteiger partial charge in [-0.1, -0.05) is 38.0 Å². The number of rotatable bonds is 4. The molecule has 3 unspecified atom stereocenters. The lowest BCUT2D eigenvalue weighted by molar-refractivity contribution is 0.121. The third kappa shape index (κ3) is 3.42. The highest BCUT2D eigenvalue weighted by atomic mass is 15.2. The summed E-state index contributed by atoms with van der Waals surface area (Å²) < 4.78 is 0. The van der Waals surface area contributed by atoms with Crippen LogP contribution in [0.5, 0.6) is 0 Å². The van der Waals surface area contributed by atoms with Gasteiger partial charge in [-0.05, 0) is 56.3 Å². The summed E-state index contributed by atoms with van der Waals surface area (Å²) in [5.41, 5.74) is 10.2.